The van der Waals surface area contributed by atoms with Crippen molar-refractivity contribution >= 4 is 5.97 Å². The highest BCUT2D eigenvalue weighted by Crippen LogP contribution is 1.99. The van der Waals surface area contributed by atoms with Crippen molar-refractivity contribution in [3.05, 3.63) is 0 Å². The van der Waals surface area contributed by atoms with E-state index >= 15 is 0 Å². The van der Waals surface area contributed by atoms with Gasteiger partial charge in [-0.2, -0.15) is 0 Å². The summed E-state index contributed by atoms with van der Waals surface area (Å²) in [4.78, 5) is 15.0. The summed E-state index contributed by atoms with van der Waals surface area (Å²) in [5.41, 5.74) is 1.83. The summed E-state index contributed by atoms with van der Waals surface area (Å²) in [7, 11) is 0. The maximum atomic E-state index is 10.7. The number of nitrogens with one attached hydrogen (secondary N) is 1. The van der Waals surface area contributed by atoms with Crippen molar-refractivity contribution in [2.75, 3.05) is 13.2 Å². The van der Waals surface area contributed by atoms with Crippen LogP contribution in [-0.4, -0.2) is 19.2 Å². The summed E-state index contributed by atoms with van der Waals surface area (Å²) >= 11 is 0. The molecule has 0 atom stereocenters. The first-order chi connectivity index (χ1) is 6.81. The maximum absolute atomic E-state index is 10.7. The number of carbonyl (C=O) groups is 1. The summed E-state index contributed by atoms with van der Waals surface area (Å²) in [5, 5.41) is 0. The second-order valence-electron chi connectivity index (χ2n) is 3.01. The van der Waals surface area contributed by atoms with Gasteiger partial charge in [0, 0.05) is 6.61 Å². The molecule has 5 nitrogen and oxygen atoms in total. The molecule has 0 fully saturated rings. The van der Waals surface area contributed by atoms with Gasteiger partial charge in [-0.1, -0.05) is 31.8 Å². The molecular weight excluding hydrogens is 184 g/mol. The number of unbranched alkanes of at least 4 members (excludes halogenated alkanes) is 3. The van der Waals surface area contributed by atoms with Crippen molar-refractivity contribution in [1.82, 2.24) is 5.59 Å². The van der Waals surface area contributed by atoms with Crippen molar-refractivity contribution in [3.8, 4) is 0 Å². The molecular formula is C9H20N2O3. The SMILES string of the molecule is CCCCCCOCCC(=O)ONN. The lowest BCUT2D eigenvalue weighted by Gasteiger charge is -2.03. The molecule has 0 saturated heterocycles. The third-order valence-electron chi connectivity index (χ3n) is 1.77. The van der Waals surface area contributed by atoms with Crippen LogP contribution in [0.5, 0.6) is 0 Å². The lowest BCUT2D eigenvalue weighted by atomic mass is 10.2. The van der Waals surface area contributed by atoms with Crippen LogP contribution >= 0.6 is 0 Å². The van der Waals surface area contributed by atoms with Gasteiger partial charge in [0.2, 0.25) is 0 Å². The van der Waals surface area contributed by atoms with Gasteiger partial charge >= 0.3 is 5.97 Å². The van der Waals surface area contributed by atoms with E-state index in [1.807, 2.05) is 5.59 Å². The summed E-state index contributed by atoms with van der Waals surface area (Å²) in [5.74, 6) is 4.38. The lowest BCUT2D eigenvalue weighted by Crippen LogP contribution is -2.26. The van der Waals surface area contributed by atoms with Gasteiger partial charge in [0.1, 0.15) is 0 Å². The monoisotopic (exact) mass is 204 g/mol. The van der Waals surface area contributed by atoms with Gasteiger partial charge in [0.05, 0.1) is 13.0 Å². The number of hydrazine groups is 1. The number of hydrogen-bond acceptors (Lipinski definition) is 5. The predicted molar refractivity (Wildman–Crippen MR) is 53.0 cm³/mol. The fourth-order valence-electron chi connectivity index (χ4n) is 1.01. The molecule has 0 radical (unpaired) electrons. The van der Waals surface area contributed by atoms with Gasteiger partial charge in [-0.25, -0.2) is 5.84 Å². The van der Waals surface area contributed by atoms with Gasteiger partial charge < -0.3 is 9.57 Å². The molecule has 0 aliphatic carbocycles. The van der Waals surface area contributed by atoms with Crippen LogP contribution < -0.4 is 11.4 Å². The summed E-state index contributed by atoms with van der Waals surface area (Å²) in [6.45, 7) is 3.27. The molecule has 0 unspecified atom stereocenters. The number of ether oxygens (including phenoxy) is 1. The Morgan fingerprint density at radius 2 is 2.07 bits per heavy atom. The minimum atomic E-state index is -0.402. The Hall–Kier alpha value is -0.650. The van der Waals surface area contributed by atoms with E-state index in [0.717, 1.165) is 6.42 Å². The van der Waals surface area contributed by atoms with E-state index in [1.165, 1.54) is 19.3 Å². The van der Waals surface area contributed by atoms with E-state index in [-0.39, 0.29) is 6.42 Å². The average Bonchev–Trinajstić information content (AvgIpc) is 2.17. The van der Waals surface area contributed by atoms with Crippen LogP contribution in [0.25, 0.3) is 0 Å². The largest absolute Gasteiger partial charge is 0.381 e. The molecule has 14 heavy (non-hydrogen) atoms. The Labute approximate surface area is 84.9 Å². The molecule has 0 aliphatic heterocycles. The van der Waals surface area contributed by atoms with E-state index in [0.29, 0.717) is 13.2 Å². The Morgan fingerprint density at radius 1 is 1.29 bits per heavy atom. The second kappa shape index (κ2) is 10.4. The molecule has 0 heterocycles. The van der Waals surface area contributed by atoms with Crippen molar-refractivity contribution < 1.29 is 14.4 Å². The molecule has 0 saturated carbocycles. The molecule has 0 aromatic rings. The lowest BCUT2D eigenvalue weighted by molar-refractivity contribution is -0.152. The molecule has 0 bridgehead atoms. The highest BCUT2D eigenvalue weighted by atomic mass is 16.7. The van der Waals surface area contributed by atoms with Gasteiger partial charge in [-0.3, -0.25) is 4.79 Å². The molecule has 0 aliphatic rings. The summed E-state index contributed by atoms with van der Waals surface area (Å²) in [6, 6.07) is 0. The van der Waals surface area contributed by atoms with Gasteiger partial charge in [0.25, 0.3) is 0 Å². The van der Waals surface area contributed by atoms with Crippen LogP contribution in [0.2, 0.25) is 0 Å². The molecule has 0 aromatic carbocycles. The van der Waals surface area contributed by atoms with Gasteiger partial charge in [-0.15, -0.1) is 0 Å². The Bertz CT molecular complexity index is 142. The predicted octanol–water partition coefficient (Wildman–Crippen LogP) is 0.895. The normalized spacial score (nSPS) is 10.1. The smallest absolute Gasteiger partial charge is 0.328 e. The van der Waals surface area contributed by atoms with Crippen molar-refractivity contribution in [3.63, 3.8) is 0 Å². The minimum absolute atomic E-state index is 0.234. The second-order valence-corrected chi connectivity index (χ2v) is 3.01. The van der Waals surface area contributed by atoms with Gasteiger partial charge in [0.15, 0.2) is 0 Å². The Kier molecular flexibility index (Phi) is 9.95. The van der Waals surface area contributed by atoms with Crippen molar-refractivity contribution in [2.45, 2.75) is 39.0 Å². The zero-order chi connectivity index (χ0) is 10.6. The molecule has 84 valence electrons. The third-order valence-corrected chi connectivity index (χ3v) is 1.77. The fourth-order valence-corrected chi connectivity index (χ4v) is 1.01. The quantitative estimate of drug-likeness (QED) is 0.331. The number of rotatable bonds is 9. The highest BCUT2D eigenvalue weighted by Gasteiger charge is 2.00. The average molecular weight is 204 g/mol. The molecule has 0 amide bonds. The minimum Gasteiger partial charge on any atom is -0.381 e. The van der Waals surface area contributed by atoms with Crippen LogP contribution in [0.1, 0.15) is 39.0 Å². The Morgan fingerprint density at radius 3 is 2.71 bits per heavy atom. The molecule has 0 spiro atoms. The van der Waals surface area contributed by atoms with E-state index in [4.69, 9.17) is 10.6 Å². The van der Waals surface area contributed by atoms with Crippen LogP contribution in [0.3, 0.4) is 0 Å². The first-order valence-corrected chi connectivity index (χ1v) is 5.04. The van der Waals surface area contributed by atoms with Crippen LogP contribution in [0.4, 0.5) is 0 Å². The van der Waals surface area contributed by atoms with E-state index in [2.05, 4.69) is 11.8 Å². The topological polar surface area (TPSA) is 73.6 Å². The van der Waals surface area contributed by atoms with E-state index < -0.39 is 5.97 Å². The standard InChI is InChI=1S/C9H20N2O3/c1-2-3-4-5-7-13-8-6-9(12)14-11-10/h11H,2-8,10H2,1H3. The molecule has 0 rings (SSSR count). The van der Waals surface area contributed by atoms with Crippen LogP contribution in [0, 0.1) is 0 Å². The van der Waals surface area contributed by atoms with Crippen molar-refractivity contribution in [1.29, 1.82) is 0 Å². The zero-order valence-corrected chi connectivity index (χ0v) is 8.75. The van der Waals surface area contributed by atoms with Crippen molar-refractivity contribution in [2.24, 2.45) is 5.84 Å². The first kappa shape index (κ1) is 13.4. The molecule has 3 N–H and O–H groups in total. The summed E-state index contributed by atoms with van der Waals surface area (Å²) in [6.07, 6.45) is 4.93. The molecule has 0 aromatic heterocycles. The maximum Gasteiger partial charge on any atom is 0.328 e. The third kappa shape index (κ3) is 9.44. The highest BCUT2D eigenvalue weighted by molar-refractivity contribution is 5.69. The van der Waals surface area contributed by atoms with Gasteiger partial charge in [-0.05, 0) is 6.42 Å². The van der Waals surface area contributed by atoms with E-state index in [9.17, 15) is 4.79 Å². The van der Waals surface area contributed by atoms with Crippen LogP contribution in [0.15, 0.2) is 0 Å². The first-order valence-electron chi connectivity index (χ1n) is 5.04. The number of hydrogen-bond donors (Lipinski definition) is 2. The number of nitrogens with two attached hydrogens (primary N) is 1. The Balaban J connectivity index is 3.01. The van der Waals surface area contributed by atoms with Crippen LogP contribution in [-0.2, 0) is 14.4 Å². The summed E-state index contributed by atoms with van der Waals surface area (Å²) < 4.78 is 5.23. The number of carbonyl (C=O) groups excluding carboxylic acids is 1. The van der Waals surface area contributed by atoms with E-state index in [1.54, 1.807) is 0 Å². The fraction of sp³-hybridized carbons (Fsp3) is 0.889. The zero-order valence-electron chi connectivity index (χ0n) is 8.75. The molecule has 5 heteroatoms.